The molecular weight excluding hydrogens is 286 g/mol. The fourth-order valence-electron chi connectivity index (χ4n) is 3.96. The third-order valence-electron chi connectivity index (χ3n) is 5.16. The molecule has 2 aliphatic carbocycles. The second-order valence-corrected chi connectivity index (χ2v) is 6.80. The van der Waals surface area contributed by atoms with Crippen molar-refractivity contribution in [2.45, 2.75) is 57.4 Å². The van der Waals surface area contributed by atoms with Gasteiger partial charge in [-0.3, -0.25) is 4.79 Å². The molecule has 1 amide bonds. The molecule has 23 heavy (non-hydrogen) atoms. The van der Waals surface area contributed by atoms with Crippen LogP contribution in [0.1, 0.15) is 59.7 Å². The lowest BCUT2D eigenvalue weighted by atomic mass is 9.89. The molecule has 1 aromatic carbocycles. The first-order valence-corrected chi connectivity index (χ1v) is 8.76. The van der Waals surface area contributed by atoms with Gasteiger partial charge in [-0.05, 0) is 61.3 Å². The summed E-state index contributed by atoms with van der Waals surface area (Å²) < 4.78 is 5.50. The number of hydrogen-bond donors (Lipinski definition) is 1. The predicted octanol–water partition coefficient (Wildman–Crippen LogP) is 3.89. The van der Waals surface area contributed by atoms with Crippen LogP contribution in [0.5, 0.6) is 0 Å². The molecule has 1 atom stereocenters. The zero-order valence-corrected chi connectivity index (χ0v) is 13.4. The number of carbonyl (C=O) groups excluding carboxylic acids is 1. The van der Waals surface area contributed by atoms with Crippen LogP contribution >= 0.6 is 0 Å². The van der Waals surface area contributed by atoms with E-state index in [1.165, 1.54) is 30.4 Å². The Morgan fingerprint density at radius 1 is 1.09 bits per heavy atom. The monoisotopic (exact) mass is 309 g/mol. The van der Waals surface area contributed by atoms with Gasteiger partial charge in [0.05, 0.1) is 18.7 Å². The average Bonchev–Trinajstić information content (AvgIpc) is 3.04. The van der Waals surface area contributed by atoms with E-state index >= 15 is 0 Å². The molecule has 1 aromatic heterocycles. The summed E-state index contributed by atoms with van der Waals surface area (Å²) >= 11 is 0. The number of fused-ring (bicyclic) bond motifs is 2. The summed E-state index contributed by atoms with van der Waals surface area (Å²) in [6, 6.07) is 8.68. The number of benzene rings is 1. The summed E-state index contributed by atoms with van der Waals surface area (Å²) in [5.41, 5.74) is 5.20. The van der Waals surface area contributed by atoms with Crippen LogP contribution in [-0.2, 0) is 30.5 Å². The second-order valence-electron chi connectivity index (χ2n) is 6.80. The number of amides is 1. The first-order valence-electron chi connectivity index (χ1n) is 8.76. The van der Waals surface area contributed by atoms with Crippen molar-refractivity contribution in [1.82, 2.24) is 5.32 Å². The van der Waals surface area contributed by atoms with Gasteiger partial charge in [-0.2, -0.15) is 0 Å². The van der Waals surface area contributed by atoms with E-state index in [4.69, 9.17) is 4.42 Å². The highest BCUT2D eigenvalue weighted by atomic mass is 16.3. The van der Waals surface area contributed by atoms with E-state index in [-0.39, 0.29) is 11.9 Å². The minimum absolute atomic E-state index is 0.111. The standard InChI is InChI=1S/C20H23NO2/c22-20(21-18-6-3-7-19-17(18)10-11-23-19)13-14-8-9-15-4-1-2-5-16(15)12-14/h8-12,18H,1-7,13H2,(H,21,22). The van der Waals surface area contributed by atoms with Crippen LogP contribution in [0.2, 0.25) is 0 Å². The number of nitrogens with one attached hydrogen (secondary N) is 1. The van der Waals surface area contributed by atoms with Crippen LogP contribution in [0.4, 0.5) is 0 Å². The van der Waals surface area contributed by atoms with Crippen LogP contribution < -0.4 is 5.32 Å². The molecule has 4 rings (SSSR count). The maximum Gasteiger partial charge on any atom is 0.224 e. The van der Waals surface area contributed by atoms with Crippen molar-refractivity contribution in [1.29, 1.82) is 0 Å². The van der Waals surface area contributed by atoms with Gasteiger partial charge in [-0.15, -0.1) is 0 Å². The van der Waals surface area contributed by atoms with Gasteiger partial charge in [0.15, 0.2) is 0 Å². The van der Waals surface area contributed by atoms with E-state index in [0.717, 1.165) is 42.6 Å². The smallest absolute Gasteiger partial charge is 0.224 e. The van der Waals surface area contributed by atoms with Gasteiger partial charge < -0.3 is 9.73 Å². The number of hydrogen-bond acceptors (Lipinski definition) is 2. The van der Waals surface area contributed by atoms with Gasteiger partial charge in [0, 0.05) is 12.0 Å². The summed E-state index contributed by atoms with van der Waals surface area (Å²) in [5.74, 6) is 1.15. The highest BCUT2D eigenvalue weighted by Gasteiger charge is 2.24. The Morgan fingerprint density at radius 3 is 2.87 bits per heavy atom. The SMILES string of the molecule is O=C(Cc1ccc2c(c1)CCCC2)NC1CCCc2occc21. The third-order valence-corrected chi connectivity index (χ3v) is 5.16. The zero-order valence-electron chi connectivity index (χ0n) is 13.4. The lowest BCUT2D eigenvalue weighted by Gasteiger charge is -2.23. The summed E-state index contributed by atoms with van der Waals surface area (Å²) in [4.78, 5) is 12.4. The third kappa shape index (κ3) is 3.05. The molecule has 0 aliphatic heterocycles. The number of furan rings is 1. The van der Waals surface area contributed by atoms with Gasteiger partial charge in [0.2, 0.25) is 5.91 Å². The minimum Gasteiger partial charge on any atom is -0.469 e. The molecule has 0 spiro atoms. The maximum atomic E-state index is 12.4. The Hall–Kier alpha value is -2.03. The Morgan fingerprint density at radius 2 is 1.96 bits per heavy atom. The fourth-order valence-corrected chi connectivity index (χ4v) is 3.96. The van der Waals surface area contributed by atoms with Crippen LogP contribution in [0.15, 0.2) is 34.9 Å². The Kier molecular flexibility index (Phi) is 3.94. The van der Waals surface area contributed by atoms with Gasteiger partial charge in [-0.25, -0.2) is 0 Å². The van der Waals surface area contributed by atoms with Crippen molar-refractivity contribution in [3.05, 3.63) is 58.5 Å². The summed E-state index contributed by atoms with van der Waals surface area (Å²) in [7, 11) is 0. The second kappa shape index (κ2) is 6.23. The molecular formula is C20H23NO2. The van der Waals surface area contributed by atoms with Crippen LogP contribution in [-0.4, -0.2) is 5.91 Å². The normalized spacial score (nSPS) is 19.7. The number of rotatable bonds is 3. The fraction of sp³-hybridized carbons (Fsp3) is 0.450. The van der Waals surface area contributed by atoms with Crippen molar-refractivity contribution in [2.24, 2.45) is 0 Å². The first-order chi connectivity index (χ1) is 11.3. The molecule has 2 aliphatic rings. The maximum absolute atomic E-state index is 12.4. The summed E-state index contributed by atoms with van der Waals surface area (Å²) in [5, 5.41) is 3.19. The highest BCUT2D eigenvalue weighted by molar-refractivity contribution is 5.79. The Balaban J connectivity index is 1.43. The predicted molar refractivity (Wildman–Crippen MR) is 89.3 cm³/mol. The minimum atomic E-state index is 0.111. The Labute approximate surface area is 137 Å². The van der Waals surface area contributed by atoms with Crippen LogP contribution in [0.25, 0.3) is 0 Å². The van der Waals surface area contributed by atoms with E-state index in [2.05, 4.69) is 23.5 Å². The molecule has 0 bridgehead atoms. The van der Waals surface area contributed by atoms with Crippen molar-refractivity contribution in [3.63, 3.8) is 0 Å². The molecule has 0 saturated heterocycles. The van der Waals surface area contributed by atoms with Crippen molar-refractivity contribution in [3.8, 4) is 0 Å². The molecule has 2 aromatic rings. The van der Waals surface area contributed by atoms with Gasteiger partial charge in [0.1, 0.15) is 5.76 Å². The largest absolute Gasteiger partial charge is 0.469 e. The average molecular weight is 309 g/mol. The molecule has 3 heteroatoms. The summed E-state index contributed by atoms with van der Waals surface area (Å²) in [6.45, 7) is 0. The topological polar surface area (TPSA) is 42.2 Å². The summed E-state index contributed by atoms with van der Waals surface area (Å²) in [6.07, 6.45) is 10.2. The number of carbonyl (C=O) groups is 1. The van der Waals surface area contributed by atoms with E-state index in [0.29, 0.717) is 6.42 Å². The Bertz CT molecular complexity index is 716. The van der Waals surface area contributed by atoms with Gasteiger partial charge in [0.25, 0.3) is 0 Å². The highest BCUT2D eigenvalue weighted by Crippen LogP contribution is 2.30. The van der Waals surface area contributed by atoms with E-state index in [1.807, 2.05) is 6.07 Å². The van der Waals surface area contributed by atoms with E-state index in [1.54, 1.807) is 6.26 Å². The molecule has 120 valence electrons. The van der Waals surface area contributed by atoms with Crippen LogP contribution in [0.3, 0.4) is 0 Å². The molecule has 0 radical (unpaired) electrons. The molecule has 1 unspecified atom stereocenters. The lowest BCUT2D eigenvalue weighted by Crippen LogP contribution is -2.31. The molecule has 3 nitrogen and oxygen atoms in total. The quantitative estimate of drug-likeness (QED) is 0.934. The molecule has 0 saturated carbocycles. The van der Waals surface area contributed by atoms with E-state index in [9.17, 15) is 4.79 Å². The van der Waals surface area contributed by atoms with E-state index < -0.39 is 0 Å². The van der Waals surface area contributed by atoms with Gasteiger partial charge in [-0.1, -0.05) is 18.2 Å². The van der Waals surface area contributed by atoms with Crippen LogP contribution in [0, 0.1) is 0 Å². The molecule has 1 heterocycles. The first kappa shape index (κ1) is 14.6. The van der Waals surface area contributed by atoms with Crippen molar-refractivity contribution >= 4 is 5.91 Å². The molecule has 0 fully saturated rings. The van der Waals surface area contributed by atoms with Gasteiger partial charge >= 0.3 is 0 Å². The lowest BCUT2D eigenvalue weighted by molar-refractivity contribution is -0.121. The number of aryl methyl sites for hydroxylation is 3. The molecule has 1 N–H and O–H groups in total. The van der Waals surface area contributed by atoms with Crippen molar-refractivity contribution < 1.29 is 9.21 Å². The zero-order chi connectivity index (χ0) is 15.6. The van der Waals surface area contributed by atoms with Crippen molar-refractivity contribution in [2.75, 3.05) is 0 Å².